The molecule has 3 aromatic rings. The Morgan fingerprint density at radius 2 is 1.18 bits per heavy atom. The fourth-order valence-electron chi connectivity index (χ4n) is 5.67. The third-order valence-corrected chi connectivity index (χ3v) is 7.50. The summed E-state index contributed by atoms with van der Waals surface area (Å²) >= 11 is 0. The van der Waals surface area contributed by atoms with E-state index in [0.717, 1.165) is 49.7 Å². The molecule has 0 radical (unpaired) electrons. The van der Waals surface area contributed by atoms with Crippen LogP contribution in [0.3, 0.4) is 0 Å². The van der Waals surface area contributed by atoms with E-state index in [1.807, 2.05) is 60.7 Å². The molecule has 1 saturated carbocycles. The molecule has 1 aliphatic carbocycles. The van der Waals surface area contributed by atoms with Gasteiger partial charge < -0.3 is 0 Å². The molecular formula is C31H36F2. The Labute approximate surface area is 198 Å². The number of rotatable bonds is 10. The van der Waals surface area contributed by atoms with Gasteiger partial charge in [0, 0.05) is 0 Å². The minimum absolute atomic E-state index is 0.377. The van der Waals surface area contributed by atoms with Crippen molar-refractivity contribution in [2.24, 2.45) is 17.8 Å². The van der Waals surface area contributed by atoms with Crippen LogP contribution in [-0.4, -0.2) is 0 Å². The summed E-state index contributed by atoms with van der Waals surface area (Å²) in [5.41, 5.74) is 2.94. The third kappa shape index (κ3) is 7.00. The highest BCUT2D eigenvalue weighted by Crippen LogP contribution is 2.44. The van der Waals surface area contributed by atoms with Crippen LogP contribution in [0.2, 0.25) is 0 Å². The molecular weight excluding hydrogens is 410 g/mol. The average molecular weight is 447 g/mol. The monoisotopic (exact) mass is 446 g/mol. The molecule has 4 rings (SSSR count). The zero-order chi connectivity index (χ0) is 22.9. The Morgan fingerprint density at radius 1 is 0.636 bits per heavy atom. The summed E-state index contributed by atoms with van der Waals surface area (Å²) in [4.78, 5) is 0. The summed E-state index contributed by atoms with van der Waals surface area (Å²) in [6, 6.07) is 29.7. The van der Waals surface area contributed by atoms with E-state index in [0.29, 0.717) is 30.6 Å². The summed E-state index contributed by atoms with van der Waals surface area (Å²) in [6.45, 7) is 0. The van der Waals surface area contributed by atoms with E-state index in [9.17, 15) is 4.39 Å². The molecule has 2 heteroatoms. The van der Waals surface area contributed by atoms with Crippen LogP contribution in [0, 0.1) is 17.8 Å². The van der Waals surface area contributed by atoms with E-state index in [1.54, 1.807) is 0 Å². The lowest BCUT2D eigenvalue weighted by molar-refractivity contribution is 0.109. The van der Waals surface area contributed by atoms with Gasteiger partial charge in [-0.2, -0.15) is 0 Å². The van der Waals surface area contributed by atoms with Crippen molar-refractivity contribution < 1.29 is 8.78 Å². The number of alkyl halides is 2. The van der Waals surface area contributed by atoms with Crippen molar-refractivity contribution in [3.8, 4) is 0 Å². The van der Waals surface area contributed by atoms with Gasteiger partial charge in [-0.1, -0.05) is 97.4 Å². The SMILES string of the molecule is FC(CC1CCC(CC(F)c2ccccc2)C(CCCc2ccccc2)C1)c1ccccc1. The van der Waals surface area contributed by atoms with Crippen LogP contribution in [0.25, 0.3) is 0 Å². The van der Waals surface area contributed by atoms with Crippen molar-refractivity contribution in [2.45, 2.75) is 63.7 Å². The largest absolute Gasteiger partial charge is 0.242 e. The molecule has 0 saturated heterocycles. The maximum absolute atomic E-state index is 15.1. The number of hydrogen-bond donors (Lipinski definition) is 0. The highest BCUT2D eigenvalue weighted by Gasteiger charge is 2.33. The van der Waals surface area contributed by atoms with Crippen LogP contribution >= 0.6 is 0 Å². The highest BCUT2D eigenvalue weighted by atomic mass is 19.1. The van der Waals surface area contributed by atoms with Crippen molar-refractivity contribution in [3.05, 3.63) is 108 Å². The molecule has 33 heavy (non-hydrogen) atoms. The maximum atomic E-state index is 15.1. The summed E-state index contributed by atoms with van der Waals surface area (Å²) < 4.78 is 30.1. The Balaban J connectivity index is 1.38. The van der Waals surface area contributed by atoms with Gasteiger partial charge in [0.2, 0.25) is 0 Å². The molecule has 174 valence electrons. The normalized spacial score (nSPS) is 22.5. The fourth-order valence-corrected chi connectivity index (χ4v) is 5.67. The van der Waals surface area contributed by atoms with E-state index in [4.69, 9.17) is 0 Å². The van der Waals surface area contributed by atoms with Crippen LogP contribution < -0.4 is 0 Å². The number of benzene rings is 3. The summed E-state index contributed by atoms with van der Waals surface area (Å²) in [6.07, 6.45) is 5.66. The van der Waals surface area contributed by atoms with Crippen LogP contribution in [0.4, 0.5) is 8.78 Å². The smallest absolute Gasteiger partial charge is 0.125 e. The van der Waals surface area contributed by atoms with Gasteiger partial charge in [0.05, 0.1) is 0 Å². The van der Waals surface area contributed by atoms with Crippen molar-refractivity contribution >= 4 is 0 Å². The maximum Gasteiger partial charge on any atom is 0.125 e. The molecule has 0 bridgehead atoms. The van der Waals surface area contributed by atoms with Gasteiger partial charge in [-0.15, -0.1) is 0 Å². The Kier molecular flexibility index (Phi) is 8.69. The molecule has 1 aliphatic rings. The highest BCUT2D eigenvalue weighted by molar-refractivity contribution is 5.19. The van der Waals surface area contributed by atoms with Gasteiger partial charge in [-0.3, -0.25) is 0 Å². The van der Waals surface area contributed by atoms with Gasteiger partial charge in [0.25, 0.3) is 0 Å². The second-order valence-corrected chi connectivity index (χ2v) is 9.80. The lowest BCUT2D eigenvalue weighted by Gasteiger charge is -2.37. The minimum atomic E-state index is -0.914. The van der Waals surface area contributed by atoms with Gasteiger partial charge in [0.15, 0.2) is 0 Å². The summed E-state index contributed by atoms with van der Waals surface area (Å²) in [7, 11) is 0. The molecule has 0 spiro atoms. The first-order valence-electron chi connectivity index (χ1n) is 12.6. The van der Waals surface area contributed by atoms with Crippen LogP contribution in [0.1, 0.15) is 74.0 Å². The van der Waals surface area contributed by atoms with Gasteiger partial charge in [0.1, 0.15) is 12.3 Å². The minimum Gasteiger partial charge on any atom is -0.242 e. The second-order valence-electron chi connectivity index (χ2n) is 9.80. The predicted octanol–water partition coefficient (Wildman–Crippen LogP) is 9.24. The molecule has 3 aromatic carbocycles. The van der Waals surface area contributed by atoms with E-state index < -0.39 is 12.3 Å². The average Bonchev–Trinajstić information content (AvgIpc) is 2.87. The Morgan fingerprint density at radius 3 is 1.79 bits per heavy atom. The Bertz CT molecular complexity index is 925. The van der Waals surface area contributed by atoms with Crippen molar-refractivity contribution in [1.82, 2.24) is 0 Å². The molecule has 0 aromatic heterocycles. The lowest BCUT2D eigenvalue weighted by Crippen LogP contribution is -2.27. The first kappa shape index (κ1) is 23.7. The molecule has 0 aliphatic heterocycles. The zero-order valence-electron chi connectivity index (χ0n) is 19.5. The number of hydrogen-bond acceptors (Lipinski definition) is 0. The van der Waals surface area contributed by atoms with Gasteiger partial charge in [-0.05, 0) is 79.4 Å². The van der Waals surface area contributed by atoms with Crippen molar-refractivity contribution in [2.75, 3.05) is 0 Å². The van der Waals surface area contributed by atoms with E-state index >= 15 is 4.39 Å². The quantitative estimate of drug-likeness (QED) is 0.291. The molecule has 0 heterocycles. The third-order valence-electron chi connectivity index (χ3n) is 7.50. The van der Waals surface area contributed by atoms with Crippen molar-refractivity contribution in [3.63, 3.8) is 0 Å². The first-order chi connectivity index (χ1) is 16.2. The first-order valence-corrected chi connectivity index (χ1v) is 12.6. The summed E-state index contributed by atoms with van der Waals surface area (Å²) in [5, 5.41) is 0. The van der Waals surface area contributed by atoms with Gasteiger partial charge in [-0.25, -0.2) is 8.78 Å². The van der Waals surface area contributed by atoms with Crippen LogP contribution in [0.15, 0.2) is 91.0 Å². The second kappa shape index (κ2) is 12.1. The molecule has 5 unspecified atom stereocenters. The van der Waals surface area contributed by atoms with Crippen LogP contribution in [0.5, 0.6) is 0 Å². The zero-order valence-corrected chi connectivity index (χ0v) is 19.5. The molecule has 0 amide bonds. The number of aryl methyl sites for hydroxylation is 1. The fraction of sp³-hybridized carbons (Fsp3) is 0.419. The predicted molar refractivity (Wildman–Crippen MR) is 134 cm³/mol. The van der Waals surface area contributed by atoms with E-state index in [-0.39, 0.29) is 0 Å². The standard InChI is InChI=1S/C31H36F2/c32-30(26-14-6-2-7-15-26)22-25-19-20-29(23-31(33)27-16-8-3-9-17-27)28(21-25)18-10-13-24-11-4-1-5-12-24/h1-9,11-12,14-17,25,28-31H,10,13,18-23H2. The summed E-state index contributed by atoms with van der Waals surface area (Å²) in [5.74, 6) is 1.23. The number of halogens is 2. The molecule has 1 fully saturated rings. The van der Waals surface area contributed by atoms with Crippen molar-refractivity contribution in [1.29, 1.82) is 0 Å². The lowest BCUT2D eigenvalue weighted by atomic mass is 9.68. The Hall–Kier alpha value is -2.48. The molecule has 5 atom stereocenters. The van der Waals surface area contributed by atoms with Gasteiger partial charge >= 0.3 is 0 Å². The molecule has 0 nitrogen and oxygen atoms in total. The topological polar surface area (TPSA) is 0 Å². The van der Waals surface area contributed by atoms with Crippen LogP contribution in [-0.2, 0) is 6.42 Å². The van der Waals surface area contributed by atoms with E-state index in [1.165, 1.54) is 5.56 Å². The molecule has 0 N–H and O–H groups in total. The van der Waals surface area contributed by atoms with E-state index in [2.05, 4.69) is 30.3 Å².